The van der Waals surface area contributed by atoms with Crippen LogP contribution >= 0.6 is 0 Å². The first-order valence-electron chi connectivity index (χ1n) is 3.34. The predicted octanol–water partition coefficient (Wildman–Crippen LogP) is 3.04. The van der Waals surface area contributed by atoms with Crippen LogP contribution in [0.5, 0.6) is 0 Å². The largest absolute Gasteiger partial charge is 0.0623 e. The van der Waals surface area contributed by atoms with E-state index >= 15 is 0 Å². The maximum atomic E-state index is 2.27. The van der Waals surface area contributed by atoms with E-state index in [0.29, 0.717) is 5.41 Å². The van der Waals surface area contributed by atoms with E-state index in [0.717, 1.165) is 0 Å². The summed E-state index contributed by atoms with van der Waals surface area (Å²) in [5.74, 6) is 0. The van der Waals surface area contributed by atoms with Crippen LogP contribution in [-0.4, -0.2) is 0 Å². The molecule has 0 aromatic rings. The quantitative estimate of drug-likeness (QED) is 0.516. The molecule has 0 nitrogen and oxygen atoms in total. The van der Waals surface area contributed by atoms with Gasteiger partial charge in [-0.1, -0.05) is 27.7 Å². The van der Waals surface area contributed by atoms with Gasteiger partial charge >= 0.3 is 0 Å². The van der Waals surface area contributed by atoms with Gasteiger partial charge in [-0.15, -0.1) is 0 Å². The second-order valence-corrected chi connectivity index (χ2v) is 3.51. The molecule has 0 saturated carbocycles. The Labute approximate surface area is 53.3 Å². The minimum atomic E-state index is 0.520. The Bertz CT molecular complexity index is 47.5. The Kier molecular flexibility index (Phi) is 3.11. The van der Waals surface area contributed by atoms with Crippen molar-refractivity contribution in [2.24, 2.45) is 5.41 Å². The highest BCUT2D eigenvalue weighted by Gasteiger charge is 2.07. The molecular weight excluding hydrogens is 96.1 g/mol. The molecule has 0 aromatic heterocycles. The van der Waals surface area contributed by atoms with E-state index < -0.39 is 0 Å². The normalized spacial score (nSPS) is 12.0. The van der Waals surface area contributed by atoms with Gasteiger partial charge in [-0.25, -0.2) is 0 Å². The van der Waals surface area contributed by atoms with Crippen molar-refractivity contribution in [3.8, 4) is 0 Å². The molecule has 0 bridgehead atoms. The lowest BCUT2D eigenvalue weighted by Gasteiger charge is -2.16. The number of unbranched alkanes of at least 4 members (excludes halogenated alkanes) is 1. The van der Waals surface area contributed by atoms with Crippen LogP contribution in [0.15, 0.2) is 0 Å². The lowest BCUT2D eigenvalue weighted by Crippen LogP contribution is -2.03. The first kappa shape index (κ1) is 8.00. The Morgan fingerprint density at radius 1 is 1.25 bits per heavy atom. The van der Waals surface area contributed by atoms with Crippen LogP contribution in [0.1, 0.15) is 40.5 Å². The maximum Gasteiger partial charge on any atom is -0.0383 e. The molecular formula is C8H17. The summed E-state index contributed by atoms with van der Waals surface area (Å²) in [5, 5.41) is 0. The fourth-order valence-electron chi connectivity index (χ4n) is 0.577. The molecule has 0 aliphatic carbocycles. The number of rotatable bonds is 2. The van der Waals surface area contributed by atoms with Gasteiger partial charge in [-0.3, -0.25) is 0 Å². The molecule has 8 heavy (non-hydrogen) atoms. The third-order valence-electron chi connectivity index (χ3n) is 1.18. The zero-order chi connectivity index (χ0) is 6.62. The van der Waals surface area contributed by atoms with Gasteiger partial charge in [0, 0.05) is 0 Å². The monoisotopic (exact) mass is 113 g/mol. The van der Waals surface area contributed by atoms with E-state index in [4.69, 9.17) is 0 Å². The van der Waals surface area contributed by atoms with Gasteiger partial charge in [0.25, 0.3) is 0 Å². The highest BCUT2D eigenvalue weighted by Crippen LogP contribution is 2.20. The van der Waals surface area contributed by atoms with Gasteiger partial charge in [0.1, 0.15) is 0 Å². The van der Waals surface area contributed by atoms with Gasteiger partial charge in [0.15, 0.2) is 0 Å². The molecule has 0 heteroatoms. The van der Waals surface area contributed by atoms with Crippen LogP contribution in [0.3, 0.4) is 0 Å². The minimum absolute atomic E-state index is 0.520. The van der Waals surface area contributed by atoms with E-state index in [-0.39, 0.29) is 0 Å². The van der Waals surface area contributed by atoms with E-state index in [1.807, 2.05) is 0 Å². The average Bonchev–Trinajstić information content (AvgIpc) is 1.59. The van der Waals surface area contributed by atoms with Crippen molar-refractivity contribution in [1.82, 2.24) is 0 Å². The summed E-state index contributed by atoms with van der Waals surface area (Å²) >= 11 is 0. The van der Waals surface area contributed by atoms with Crippen molar-refractivity contribution in [3.05, 3.63) is 6.42 Å². The lowest BCUT2D eigenvalue weighted by molar-refractivity contribution is 0.377. The van der Waals surface area contributed by atoms with Crippen LogP contribution in [0.4, 0.5) is 0 Å². The molecule has 0 N–H and O–H groups in total. The molecule has 0 atom stereocenters. The standard InChI is InChI=1S/C8H17/c1-5-6-7-8(2,3)4/h5H,6-7H2,1-4H3. The molecule has 49 valence electrons. The lowest BCUT2D eigenvalue weighted by atomic mass is 9.90. The van der Waals surface area contributed by atoms with Crippen molar-refractivity contribution < 1.29 is 0 Å². The summed E-state index contributed by atoms with van der Waals surface area (Å²) in [7, 11) is 0. The topological polar surface area (TPSA) is 0 Å². The van der Waals surface area contributed by atoms with Gasteiger partial charge in [0.05, 0.1) is 0 Å². The zero-order valence-electron chi connectivity index (χ0n) is 6.49. The fourth-order valence-corrected chi connectivity index (χ4v) is 0.577. The third-order valence-corrected chi connectivity index (χ3v) is 1.18. The summed E-state index contributed by atoms with van der Waals surface area (Å²) in [6, 6.07) is 0. The minimum Gasteiger partial charge on any atom is -0.0623 e. The van der Waals surface area contributed by atoms with E-state index in [2.05, 4.69) is 34.1 Å². The van der Waals surface area contributed by atoms with Crippen LogP contribution in [0.25, 0.3) is 0 Å². The summed E-state index contributed by atoms with van der Waals surface area (Å²) in [6.07, 6.45) is 4.79. The smallest absolute Gasteiger partial charge is 0.0383 e. The summed E-state index contributed by atoms with van der Waals surface area (Å²) in [4.78, 5) is 0. The first-order valence-corrected chi connectivity index (χ1v) is 3.34. The molecule has 0 aliphatic heterocycles. The Hall–Kier alpha value is 0. The molecule has 1 radical (unpaired) electrons. The molecule has 0 heterocycles. The molecule has 0 aromatic carbocycles. The van der Waals surface area contributed by atoms with Crippen LogP contribution in [-0.2, 0) is 0 Å². The molecule has 0 spiro atoms. The van der Waals surface area contributed by atoms with Crippen molar-refractivity contribution in [3.63, 3.8) is 0 Å². The summed E-state index contributed by atoms with van der Waals surface area (Å²) in [6.45, 7) is 8.94. The molecule has 0 aliphatic rings. The van der Waals surface area contributed by atoms with Crippen molar-refractivity contribution in [2.45, 2.75) is 40.5 Å². The second kappa shape index (κ2) is 3.11. The highest BCUT2D eigenvalue weighted by molar-refractivity contribution is 4.65. The van der Waals surface area contributed by atoms with Crippen molar-refractivity contribution in [2.75, 3.05) is 0 Å². The van der Waals surface area contributed by atoms with Crippen LogP contribution < -0.4 is 0 Å². The Balaban J connectivity index is 3.11. The third kappa shape index (κ3) is 6.00. The second-order valence-electron chi connectivity index (χ2n) is 3.51. The fraction of sp³-hybridized carbons (Fsp3) is 0.875. The molecule has 0 rings (SSSR count). The Morgan fingerprint density at radius 3 is 1.88 bits per heavy atom. The highest BCUT2D eigenvalue weighted by atomic mass is 14.1. The summed E-state index contributed by atoms with van der Waals surface area (Å²) in [5.41, 5.74) is 0.520. The predicted molar refractivity (Wildman–Crippen MR) is 38.7 cm³/mol. The van der Waals surface area contributed by atoms with Gasteiger partial charge in [0.2, 0.25) is 0 Å². The molecule has 0 unspecified atom stereocenters. The SMILES string of the molecule is C[CH]CCC(C)(C)C. The molecule has 0 amide bonds. The van der Waals surface area contributed by atoms with Crippen LogP contribution in [0.2, 0.25) is 0 Å². The average molecular weight is 113 g/mol. The van der Waals surface area contributed by atoms with Crippen LogP contribution in [0, 0.1) is 11.8 Å². The zero-order valence-corrected chi connectivity index (χ0v) is 6.49. The van der Waals surface area contributed by atoms with E-state index in [1.165, 1.54) is 12.8 Å². The van der Waals surface area contributed by atoms with Gasteiger partial charge in [-0.2, -0.15) is 0 Å². The first-order chi connectivity index (χ1) is 3.56. The number of hydrogen-bond acceptors (Lipinski definition) is 0. The van der Waals surface area contributed by atoms with Crippen molar-refractivity contribution >= 4 is 0 Å². The van der Waals surface area contributed by atoms with E-state index in [9.17, 15) is 0 Å². The molecule has 0 saturated heterocycles. The van der Waals surface area contributed by atoms with Crippen molar-refractivity contribution in [1.29, 1.82) is 0 Å². The van der Waals surface area contributed by atoms with Gasteiger partial charge in [-0.05, 0) is 24.7 Å². The molecule has 0 fully saturated rings. The number of hydrogen-bond donors (Lipinski definition) is 0. The summed E-state index contributed by atoms with van der Waals surface area (Å²) < 4.78 is 0. The maximum absolute atomic E-state index is 2.27. The Morgan fingerprint density at radius 2 is 1.75 bits per heavy atom. The van der Waals surface area contributed by atoms with Gasteiger partial charge < -0.3 is 0 Å². The van der Waals surface area contributed by atoms with E-state index in [1.54, 1.807) is 0 Å².